The Labute approximate surface area is 141 Å². The molecule has 4 rings (SSSR count). The minimum Gasteiger partial charge on any atom is -0.362 e. The van der Waals surface area contributed by atoms with E-state index in [4.69, 9.17) is 11.6 Å². The van der Waals surface area contributed by atoms with Crippen LogP contribution in [0.1, 0.15) is 6.92 Å². The molecular weight excluding hydrogens is 338 g/mol. The molecule has 0 radical (unpaired) electrons. The van der Waals surface area contributed by atoms with Gasteiger partial charge in [0.2, 0.25) is 0 Å². The Morgan fingerprint density at radius 1 is 1.25 bits per heavy atom. The average Bonchev–Trinajstić information content (AvgIpc) is 3.07. The highest BCUT2D eigenvalue weighted by Crippen LogP contribution is 2.38. The molecule has 0 N–H and O–H groups in total. The second-order valence-corrected chi connectivity index (χ2v) is 6.29. The highest BCUT2D eigenvalue weighted by atomic mass is 35.5. The first-order valence-corrected chi connectivity index (χ1v) is 7.76. The van der Waals surface area contributed by atoms with Crippen molar-refractivity contribution < 1.29 is 8.78 Å². The lowest BCUT2D eigenvalue weighted by Crippen LogP contribution is -2.27. The lowest BCUT2D eigenvalue weighted by molar-refractivity contribution is -0.0137. The standard InChI is InChI=1S/C15H13ClF2N6/c1-9-6-23(7-15(9,17)18)12-2-11(10-3-19-8-20-4-10)22-24-13(16)5-21-14(12)24/h2-5,8-9H,6-7H2,1H3/t9-/m0/s1. The highest BCUT2D eigenvalue weighted by Gasteiger charge is 2.46. The van der Waals surface area contributed by atoms with Crippen LogP contribution in [0.5, 0.6) is 0 Å². The van der Waals surface area contributed by atoms with Gasteiger partial charge in [-0.2, -0.15) is 9.61 Å². The van der Waals surface area contributed by atoms with Crippen LogP contribution in [0.25, 0.3) is 16.9 Å². The zero-order chi connectivity index (χ0) is 16.9. The fraction of sp³-hybridized carbons (Fsp3) is 0.333. The maximum Gasteiger partial charge on any atom is 0.269 e. The number of anilines is 1. The predicted octanol–water partition coefficient (Wildman–Crippen LogP) is 2.93. The molecule has 6 nitrogen and oxygen atoms in total. The van der Waals surface area contributed by atoms with Gasteiger partial charge >= 0.3 is 0 Å². The van der Waals surface area contributed by atoms with Crippen molar-refractivity contribution in [1.82, 2.24) is 24.6 Å². The molecule has 3 aromatic heterocycles. The van der Waals surface area contributed by atoms with Crippen molar-refractivity contribution in [2.24, 2.45) is 5.92 Å². The molecule has 24 heavy (non-hydrogen) atoms. The quantitative estimate of drug-likeness (QED) is 0.711. The van der Waals surface area contributed by atoms with E-state index in [2.05, 4.69) is 20.1 Å². The summed E-state index contributed by atoms with van der Waals surface area (Å²) in [5.41, 5.74) is 2.23. The number of aromatic nitrogens is 5. The molecule has 124 valence electrons. The van der Waals surface area contributed by atoms with Crippen LogP contribution in [0.2, 0.25) is 5.15 Å². The minimum absolute atomic E-state index is 0.238. The summed E-state index contributed by atoms with van der Waals surface area (Å²) in [6.45, 7) is 1.42. The molecule has 1 saturated heterocycles. The van der Waals surface area contributed by atoms with E-state index < -0.39 is 11.8 Å². The summed E-state index contributed by atoms with van der Waals surface area (Å²) in [7, 11) is 0. The van der Waals surface area contributed by atoms with Crippen LogP contribution in [0.3, 0.4) is 0 Å². The first kappa shape index (κ1) is 15.2. The van der Waals surface area contributed by atoms with E-state index in [0.717, 1.165) is 0 Å². The summed E-state index contributed by atoms with van der Waals surface area (Å²) in [5, 5.41) is 4.73. The minimum atomic E-state index is -2.74. The number of nitrogens with zero attached hydrogens (tertiary/aromatic N) is 6. The largest absolute Gasteiger partial charge is 0.362 e. The molecule has 0 spiro atoms. The molecule has 9 heteroatoms. The topological polar surface area (TPSA) is 59.2 Å². The van der Waals surface area contributed by atoms with E-state index in [1.807, 2.05) is 0 Å². The molecular formula is C15H13ClF2N6. The summed E-state index contributed by atoms with van der Waals surface area (Å²) < 4.78 is 29.4. The van der Waals surface area contributed by atoms with Crippen molar-refractivity contribution in [3.05, 3.63) is 36.1 Å². The van der Waals surface area contributed by atoms with E-state index in [1.54, 1.807) is 30.3 Å². The van der Waals surface area contributed by atoms with Crippen molar-refractivity contribution in [2.45, 2.75) is 12.8 Å². The third kappa shape index (κ3) is 2.37. The number of hydrogen-bond donors (Lipinski definition) is 0. The summed E-state index contributed by atoms with van der Waals surface area (Å²) in [6.07, 6.45) is 6.08. The van der Waals surface area contributed by atoms with Gasteiger partial charge in [-0.25, -0.2) is 23.7 Å². The van der Waals surface area contributed by atoms with E-state index in [1.165, 1.54) is 17.0 Å². The van der Waals surface area contributed by atoms with Gasteiger partial charge in [0.15, 0.2) is 10.8 Å². The van der Waals surface area contributed by atoms with Crippen molar-refractivity contribution in [3.8, 4) is 11.3 Å². The number of fused-ring (bicyclic) bond motifs is 1. The molecule has 0 aromatic carbocycles. The fourth-order valence-corrected chi connectivity index (χ4v) is 3.02. The highest BCUT2D eigenvalue weighted by molar-refractivity contribution is 6.29. The molecule has 1 atom stereocenters. The normalized spacial score (nSPS) is 20.0. The third-order valence-electron chi connectivity index (χ3n) is 4.22. The second kappa shape index (κ2) is 5.34. The number of imidazole rings is 1. The van der Waals surface area contributed by atoms with Crippen LogP contribution in [0, 0.1) is 5.92 Å². The van der Waals surface area contributed by atoms with Crippen LogP contribution < -0.4 is 4.90 Å². The van der Waals surface area contributed by atoms with Gasteiger partial charge in [-0.15, -0.1) is 0 Å². The van der Waals surface area contributed by atoms with Crippen LogP contribution >= 0.6 is 11.6 Å². The van der Waals surface area contributed by atoms with Crippen molar-refractivity contribution in [3.63, 3.8) is 0 Å². The van der Waals surface area contributed by atoms with Crippen LogP contribution in [0.15, 0.2) is 31.0 Å². The summed E-state index contributed by atoms with van der Waals surface area (Å²) in [5.74, 6) is -3.48. The Bertz CT molecular complexity index is 898. The lowest BCUT2D eigenvalue weighted by Gasteiger charge is -2.19. The van der Waals surface area contributed by atoms with Gasteiger partial charge in [-0.05, 0) is 6.07 Å². The maximum atomic E-state index is 14.0. The second-order valence-electron chi connectivity index (χ2n) is 5.90. The number of rotatable bonds is 2. The third-order valence-corrected chi connectivity index (χ3v) is 4.48. The monoisotopic (exact) mass is 350 g/mol. The first-order chi connectivity index (χ1) is 11.5. The van der Waals surface area contributed by atoms with Gasteiger partial charge in [0.25, 0.3) is 5.92 Å². The Balaban J connectivity index is 1.88. The first-order valence-electron chi connectivity index (χ1n) is 7.38. The average molecular weight is 351 g/mol. The molecule has 0 aliphatic carbocycles. The molecule has 0 amide bonds. The van der Waals surface area contributed by atoms with Crippen molar-refractivity contribution in [1.29, 1.82) is 0 Å². The van der Waals surface area contributed by atoms with Gasteiger partial charge in [-0.1, -0.05) is 18.5 Å². The molecule has 0 unspecified atom stereocenters. The smallest absolute Gasteiger partial charge is 0.269 e. The SMILES string of the molecule is C[C@H]1CN(c2cc(-c3cncnc3)nn3c(Cl)cnc23)CC1(F)F. The molecule has 1 aliphatic heterocycles. The van der Waals surface area contributed by atoms with Crippen LogP contribution in [-0.2, 0) is 0 Å². The molecule has 3 aromatic rings. The van der Waals surface area contributed by atoms with Crippen LogP contribution in [0.4, 0.5) is 14.5 Å². The van der Waals surface area contributed by atoms with Crippen LogP contribution in [-0.4, -0.2) is 43.6 Å². The summed E-state index contributed by atoms with van der Waals surface area (Å²) >= 11 is 6.14. The van der Waals surface area contributed by atoms with E-state index in [9.17, 15) is 8.78 Å². The van der Waals surface area contributed by atoms with E-state index >= 15 is 0 Å². The van der Waals surface area contributed by atoms with Gasteiger partial charge in [0.05, 0.1) is 24.1 Å². The van der Waals surface area contributed by atoms with Gasteiger partial charge in [0.1, 0.15) is 6.33 Å². The Hall–Kier alpha value is -2.35. The fourth-order valence-electron chi connectivity index (χ4n) is 2.85. The number of alkyl halides is 2. The summed E-state index contributed by atoms with van der Waals surface area (Å²) in [6, 6.07) is 1.73. The zero-order valence-corrected chi connectivity index (χ0v) is 13.5. The summed E-state index contributed by atoms with van der Waals surface area (Å²) in [4.78, 5) is 13.8. The molecule has 0 saturated carbocycles. The van der Waals surface area contributed by atoms with Gasteiger partial charge in [-0.3, -0.25) is 0 Å². The Morgan fingerprint density at radius 3 is 2.67 bits per heavy atom. The Kier molecular flexibility index (Phi) is 3.38. The predicted molar refractivity (Wildman–Crippen MR) is 85.3 cm³/mol. The number of halogens is 3. The van der Waals surface area contributed by atoms with Crippen molar-refractivity contribution >= 4 is 22.9 Å². The van der Waals surface area contributed by atoms with E-state index in [-0.39, 0.29) is 13.1 Å². The molecule has 4 heterocycles. The molecule has 1 aliphatic rings. The van der Waals surface area contributed by atoms with Gasteiger partial charge in [0, 0.05) is 30.4 Å². The van der Waals surface area contributed by atoms with Crippen molar-refractivity contribution in [2.75, 3.05) is 18.0 Å². The van der Waals surface area contributed by atoms with E-state index in [0.29, 0.717) is 27.7 Å². The number of hydrogen-bond acceptors (Lipinski definition) is 5. The lowest BCUT2D eigenvalue weighted by atomic mass is 10.1. The zero-order valence-electron chi connectivity index (χ0n) is 12.7. The Morgan fingerprint density at radius 2 is 2.00 bits per heavy atom. The molecule has 1 fully saturated rings. The molecule has 0 bridgehead atoms. The maximum absolute atomic E-state index is 14.0. The van der Waals surface area contributed by atoms with Gasteiger partial charge < -0.3 is 4.90 Å².